The van der Waals surface area contributed by atoms with Crippen molar-refractivity contribution in [1.82, 2.24) is 4.98 Å². The summed E-state index contributed by atoms with van der Waals surface area (Å²) >= 11 is 5.92. The van der Waals surface area contributed by atoms with Gasteiger partial charge in [-0.05, 0) is 35.7 Å². The van der Waals surface area contributed by atoms with E-state index in [1.165, 1.54) is 12.1 Å². The molecule has 1 aromatic carbocycles. The first-order valence-electron chi connectivity index (χ1n) is 6.06. The van der Waals surface area contributed by atoms with Gasteiger partial charge in [-0.15, -0.1) is 13.2 Å². The number of benzene rings is 1. The maximum Gasteiger partial charge on any atom is 0.573 e. The second-order valence-electron chi connectivity index (χ2n) is 4.18. The van der Waals surface area contributed by atoms with Crippen molar-refractivity contribution in [3.8, 4) is 5.75 Å². The molecule has 0 unspecified atom stereocenters. The molecule has 110 valence electrons. The van der Waals surface area contributed by atoms with Gasteiger partial charge in [-0.1, -0.05) is 42.0 Å². The first kappa shape index (κ1) is 15.4. The van der Waals surface area contributed by atoms with E-state index in [1.807, 2.05) is 12.1 Å². The van der Waals surface area contributed by atoms with E-state index in [4.69, 9.17) is 11.6 Å². The molecule has 0 spiro atoms. The molecule has 1 aromatic heterocycles. The van der Waals surface area contributed by atoms with Gasteiger partial charge in [-0.2, -0.15) is 0 Å². The predicted octanol–water partition coefficient (Wildman–Crippen LogP) is 4.89. The molecule has 0 fully saturated rings. The summed E-state index contributed by atoms with van der Waals surface area (Å²) in [5.74, 6) is -0.241. The number of ether oxygens (including phenoxy) is 1. The summed E-state index contributed by atoms with van der Waals surface area (Å²) in [5.41, 5.74) is 1.65. The Kier molecular flexibility index (Phi) is 4.85. The van der Waals surface area contributed by atoms with E-state index in [1.54, 1.807) is 30.5 Å². The van der Waals surface area contributed by atoms with Crippen molar-refractivity contribution in [2.75, 3.05) is 0 Å². The maximum absolute atomic E-state index is 12.0. The number of hydrogen-bond acceptors (Lipinski definition) is 2. The summed E-state index contributed by atoms with van der Waals surface area (Å²) in [6, 6.07) is 9.28. The van der Waals surface area contributed by atoms with Crippen molar-refractivity contribution in [3.05, 3.63) is 65.0 Å². The molecular formula is C15H11ClF3NO. The van der Waals surface area contributed by atoms with Crippen molar-refractivity contribution in [2.45, 2.75) is 12.8 Å². The molecule has 2 nitrogen and oxygen atoms in total. The Bertz CT molecular complexity index is 624. The average molecular weight is 314 g/mol. The quantitative estimate of drug-likeness (QED) is 0.750. The second-order valence-corrected chi connectivity index (χ2v) is 4.53. The van der Waals surface area contributed by atoms with Crippen LogP contribution in [0.25, 0.3) is 6.08 Å². The van der Waals surface area contributed by atoms with Gasteiger partial charge < -0.3 is 4.74 Å². The lowest BCUT2D eigenvalue weighted by Gasteiger charge is -2.08. The summed E-state index contributed by atoms with van der Waals surface area (Å²) in [6.07, 6.45) is 1.18. The van der Waals surface area contributed by atoms with Gasteiger partial charge in [-0.25, -0.2) is 4.98 Å². The fourth-order valence-corrected chi connectivity index (χ4v) is 1.87. The summed E-state index contributed by atoms with van der Waals surface area (Å²) in [6.45, 7) is 0. The van der Waals surface area contributed by atoms with Crippen LogP contribution < -0.4 is 4.74 Å². The molecule has 0 aliphatic heterocycles. The highest BCUT2D eigenvalue weighted by molar-refractivity contribution is 6.30. The highest BCUT2D eigenvalue weighted by Crippen LogP contribution is 2.23. The van der Waals surface area contributed by atoms with Gasteiger partial charge in [0.15, 0.2) is 0 Å². The first-order valence-corrected chi connectivity index (χ1v) is 6.43. The van der Waals surface area contributed by atoms with Gasteiger partial charge >= 0.3 is 6.36 Å². The van der Waals surface area contributed by atoms with Crippen molar-refractivity contribution in [3.63, 3.8) is 0 Å². The number of rotatable bonds is 4. The molecule has 0 aliphatic rings. The number of allylic oxidation sites excluding steroid dienone is 1. The van der Waals surface area contributed by atoms with E-state index >= 15 is 0 Å². The normalized spacial score (nSPS) is 11.8. The Balaban J connectivity index is 1.97. The third-order valence-electron chi connectivity index (χ3n) is 2.60. The summed E-state index contributed by atoms with van der Waals surface area (Å²) in [4.78, 5) is 3.96. The molecule has 0 saturated heterocycles. The van der Waals surface area contributed by atoms with Crippen LogP contribution in [-0.4, -0.2) is 11.3 Å². The van der Waals surface area contributed by atoms with Gasteiger partial charge in [0.05, 0.1) is 0 Å². The van der Waals surface area contributed by atoms with E-state index in [0.717, 1.165) is 11.1 Å². The third kappa shape index (κ3) is 5.11. The Morgan fingerprint density at radius 2 is 1.86 bits per heavy atom. The standard InChI is InChI=1S/C15H11ClF3NO/c16-14-12(5-2-10-20-14)4-1-3-11-6-8-13(9-7-11)21-15(17,18)19/h1-3,5-10H,4H2. The highest BCUT2D eigenvalue weighted by Gasteiger charge is 2.30. The number of hydrogen-bond donors (Lipinski definition) is 0. The lowest BCUT2D eigenvalue weighted by atomic mass is 10.1. The Morgan fingerprint density at radius 1 is 1.14 bits per heavy atom. The molecule has 2 aromatic rings. The molecule has 1 heterocycles. The molecule has 0 bridgehead atoms. The van der Waals surface area contributed by atoms with E-state index < -0.39 is 6.36 Å². The molecule has 21 heavy (non-hydrogen) atoms. The lowest BCUT2D eigenvalue weighted by molar-refractivity contribution is -0.274. The van der Waals surface area contributed by atoms with Crippen LogP contribution in [0, 0.1) is 0 Å². The number of pyridine rings is 1. The maximum atomic E-state index is 12.0. The largest absolute Gasteiger partial charge is 0.573 e. The monoisotopic (exact) mass is 313 g/mol. The zero-order valence-electron chi connectivity index (χ0n) is 10.8. The van der Waals surface area contributed by atoms with Crippen LogP contribution in [0.4, 0.5) is 13.2 Å². The number of halogens is 4. The van der Waals surface area contributed by atoms with Crippen molar-refractivity contribution in [2.24, 2.45) is 0 Å². The third-order valence-corrected chi connectivity index (χ3v) is 2.94. The van der Waals surface area contributed by atoms with E-state index in [2.05, 4.69) is 9.72 Å². The van der Waals surface area contributed by atoms with Gasteiger partial charge in [0.2, 0.25) is 0 Å². The Labute approximate surface area is 124 Å². The summed E-state index contributed by atoms with van der Waals surface area (Å²) < 4.78 is 39.8. The summed E-state index contributed by atoms with van der Waals surface area (Å²) in [7, 11) is 0. The Hall–Kier alpha value is -2.01. The van der Waals surface area contributed by atoms with Crippen LogP contribution in [0.3, 0.4) is 0 Å². The van der Waals surface area contributed by atoms with Gasteiger partial charge in [0.25, 0.3) is 0 Å². The topological polar surface area (TPSA) is 22.1 Å². The molecule has 0 saturated carbocycles. The van der Waals surface area contributed by atoms with Crippen molar-refractivity contribution < 1.29 is 17.9 Å². The van der Waals surface area contributed by atoms with Gasteiger partial charge in [0.1, 0.15) is 10.9 Å². The van der Waals surface area contributed by atoms with Crippen LogP contribution in [0.1, 0.15) is 11.1 Å². The molecule has 2 rings (SSSR count). The second kappa shape index (κ2) is 6.63. The SMILES string of the molecule is FC(F)(F)Oc1ccc(C=CCc2cccnc2Cl)cc1. The smallest absolute Gasteiger partial charge is 0.406 e. The fourth-order valence-electron chi connectivity index (χ4n) is 1.67. The zero-order valence-corrected chi connectivity index (χ0v) is 11.5. The molecule has 6 heteroatoms. The van der Waals surface area contributed by atoms with Crippen LogP contribution in [0.5, 0.6) is 5.75 Å². The van der Waals surface area contributed by atoms with Gasteiger partial charge in [0, 0.05) is 6.20 Å². The van der Waals surface area contributed by atoms with Crippen LogP contribution in [0.2, 0.25) is 5.15 Å². The molecule has 0 amide bonds. The van der Waals surface area contributed by atoms with Crippen molar-refractivity contribution in [1.29, 1.82) is 0 Å². The Morgan fingerprint density at radius 3 is 2.48 bits per heavy atom. The summed E-state index contributed by atoms with van der Waals surface area (Å²) in [5, 5.41) is 0.441. The average Bonchev–Trinajstić information content (AvgIpc) is 2.41. The van der Waals surface area contributed by atoms with Gasteiger partial charge in [-0.3, -0.25) is 0 Å². The predicted molar refractivity (Wildman–Crippen MR) is 75.1 cm³/mol. The number of aromatic nitrogens is 1. The minimum absolute atomic E-state index is 0.241. The first-order chi connectivity index (χ1) is 9.94. The number of nitrogens with zero attached hydrogens (tertiary/aromatic N) is 1. The van der Waals surface area contributed by atoms with E-state index in [-0.39, 0.29) is 5.75 Å². The van der Waals surface area contributed by atoms with E-state index in [0.29, 0.717) is 11.6 Å². The molecule has 0 aliphatic carbocycles. The number of alkyl halides is 3. The van der Waals surface area contributed by atoms with Crippen LogP contribution in [-0.2, 0) is 6.42 Å². The highest BCUT2D eigenvalue weighted by atomic mass is 35.5. The minimum atomic E-state index is -4.67. The minimum Gasteiger partial charge on any atom is -0.406 e. The zero-order chi connectivity index (χ0) is 15.3. The molecule has 0 radical (unpaired) electrons. The molecule has 0 atom stereocenters. The fraction of sp³-hybridized carbons (Fsp3) is 0.133. The molecular weight excluding hydrogens is 303 g/mol. The molecule has 0 N–H and O–H groups in total. The van der Waals surface area contributed by atoms with Crippen LogP contribution in [0.15, 0.2) is 48.7 Å². The van der Waals surface area contributed by atoms with Crippen molar-refractivity contribution >= 4 is 17.7 Å². The van der Waals surface area contributed by atoms with Crippen LogP contribution >= 0.6 is 11.6 Å². The van der Waals surface area contributed by atoms with E-state index in [9.17, 15) is 13.2 Å². The lowest BCUT2D eigenvalue weighted by Crippen LogP contribution is -2.16.